The summed E-state index contributed by atoms with van der Waals surface area (Å²) in [6, 6.07) is 22.4. The summed E-state index contributed by atoms with van der Waals surface area (Å²) in [5.74, 6) is -1.54. The van der Waals surface area contributed by atoms with Crippen molar-refractivity contribution in [2.24, 2.45) is 11.0 Å². The van der Waals surface area contributed by atoms with Crippen LogP contribution in [0.1, 0.15) is 48.4 Å². The number of rotatable bonds is 9. The lowest BCUT2D eigenvalue weighted by Gasteiger charge is -2.36. The number of anilines is 2. The van der Waals surface area contributed by atoms with Gasteiger partial charge in [-0.25, -0.2) is 5.01 Å². The average molecular weight is 619 g/mol. The van der Waals surface area contributed by atoms with Crippen molar-refractivity contribution in [3.63, 3.8) is 0 Å². The molecule has 3 heterocycles. The topological polar surface area (TPSA) is 114 Å². The van der Waals surface area contributed by atoms with Crippen LogP contribution in [0.25, 0.3) is 0 Å². The second kappa shape index (κ2) is 12.9. The number of aliphatic hydroxyl groups is 2. The van der Waals surface area contributed by atoms with Gasteiger partial charge in [0.15, 0.2) is 5.60 Å². The zero-order valence-corrected chi connectivity index (χ0v) is 25.9. The van der Waals surface area contributed by atoms with Crippen LogP contribution >= 0.6 is 0 Å². The van der Waals surface area contributed by atoms with Crippen LogP contribution in [0.5, 0.6) is 0 Å². The number of amides is 3. The summed E-state index contributed by atoms with van der Waals surface area (Å²) in [5, 5.41) is 28.2. The number of hydrogen-bond donors (Lipinski definition) is 2. The Kier molecular flexibility index (Phi) is 8.71. The number of benzene rings is 3. The minimum absolute atomic E-state index is 0.0514. The molecule has 0 bridgehead atoms. The lowest BCUT2D eigenvalue weighted by atomic mass is 9.82. The highest BCUT2D eigenvalue weighted by molar-refractivity contribution is 6.10. The maximum Gasteiger partial charge on any atom is 0.264 e. The fraction of sp³-hybridized carbons (Fsp3) is 0.297. The molecule has 0 saturated carbocycles. The molecule has 0 spiro atoms. The predicted octanol–water partition coefficient (Wildman–Crippen LogP) is 4.47. The Labute approximate surface area is 268 Å². The van der Waals surface area contributed by atoms with Gasteiger partial charge in [0.1, 0.15) is 0 Å². The van der Waals surface area contributed by atoms with Crippen molar-refractivity contribution in [3.8, 4) is 0 Å². The number of hydrogen-bond acceptors (Lipinski definition) is 6. The normalized spacial score (nSPS) is 21.7. The molecule has 0 unspecified atom stereocenters. The number of aliphatic hydroxyl groups excluding tert-OH is 1. The lowest BCUT2D eigenvalue weighted by molar-refractivity contribution is -0.139. The van der Waals surface area contributed by atoms with Crippen molar-refractivity contribution >= 4 is 34.8 Å². The van der Waals surface area contributed by atoms with Crippen molar-refractivity contribution < 1.29 is 24.6 Å². The van der Waals surface area contributed by atoms with E-state index < -0.39 is 17.4 Å². The fourth-order valence-corrected chi connectivity index (χ4v) is 6.64. The van der Waals surface area contributed by atoms with Gasteiger partial charge < -0.3 is 20.0 Å². The molecule has 3 aromatic rings. The van der Waals surface area contributed by atoms with E-state index in [1.807, 2.05) is 54.6 Å². The van der Waals surface area contributed by atoms with Crippen LogP contribution in [-0.2, 0) is 33.0 Å². The molecule has 0 fully saturated rings. The van der Waals surface area contributed by atoms with Gasteiger partial charge in [-0.2, -0.15) is 5.10 Å². The van der Waals surface area contributed by atoms with Crippen molar-refractivity contribution in [1.82, 2.24) is 4.90 Å². The molecule has 9 nitrogen and oxygen atoms in total. The van der Waals surface area contributed by atoms with Crippen molar-refractivity contribution in [2.75, 3.05) is 23.1 Å². The Morgan fingerprint density at radius 1 is 1.07 bits per heavy atom. The van der Waals surface area contributed by atoms with Crippen LogP contribution in [-0.4, -0.2) is 57.7 Å². The van der Waals surface area contributed by atoms with Crippen LogP contribution in [0, 0.1) is 5.92 Å². The van der Waals surface area contributed by atoms with E-state index in [4.69, 9.17) is 0 Å². The third kappa shape index (κ3) is 5.57. The van der Waals surface area contributed by atoms with Gasteiger partial charge >= 0.3 is 0 Å². The maximum atomic E-state index is 13.8. The number of hydrazone groups is 1. The van der Waals surface area contributed by atoms with Gasteiger partial charge in [-0.3, -0.25) is 14.4 Å². The number of carbonyl (C=O) groups excluding carboxylic acids is 3. The quantitative estimate of drug-likeness (QED) is 0.344. The second-order valence-corrected chi connectivity index (χ2v) is 12.0. The maximum absolute atomic E-state index is 13.8. The number of fused-ring (bicyclic) bond motifs is 2. The molecule has 9 heteroatoms. The summed E-state index contributed by atoms with van der Waals surface area (Å²) in [5.41, 5.74) is 3.30. The van der Waals surface area contributed by atoms with E-state index in [0.717, 1.165) is 22.4 Å². The van der Waals surface area contributed by atoms with E-state index >= 15 is 0 Å². The first-order valence-electron chi connectivity index (χ1n) is 15.7. The first-order valence-corrected chi connectivity index (χ1v) is 15.7. The SMILES string of the molecule is C=CCN1C(=O)[C@](O)([C@H](C)/C=C/CC(=O)N2Cc3ccccc3C[C@H]2CO)c2cc(N3N=C(c4ccccc4)CCC3=O)ccc21. The molecule has 3 amide bonds. The van der Waals surface area contributed by atoms with E-state index in [0.29, 0.717) is 36.3 Å². The molecule has 0 saturated heterocycles. The van der Waals surface area contributed by atoms with E-state index in [1.165, 1.54) is 9.91 Å². The summed E-state index contributed by atoms with van der Waals surface area (Å²) in [6.45, 7) is 5.99. The van der Waals surface area contributed by atoms with Crippen LogP contribution in [0.15, 0.2) is 103 Å². The Morgan fingerprint density at radius 3 is 2.54 bits per heavy atom. The molecule has 0 radical (unpaired) electrons. The molecular weight excluding hydrogens is 580 g/mol. The van der Waals surface area contributed by atoms with Crippen LogP contribution in [0.4, 0.5) is 11.4 Å². The van der Waals surface area contributed by atoms with E-state index in [2.05, 4.69) is 11.7 Å². The zero-order valence-electron chi connectivity index (χ0n) is 25.9. The molecule has 3 aliphatic heterocycles. The standard InChI is InChI=1S/C37H38N4O5/c1-3-20-39-33-18-16-29(41-35(44)19-17-32(38-41)26-11-5-4-6-12-26)22-31(33)37(46,36(39)45)25(2)10-9-15-34(43)40-23-28-14-8-7-13-27(28)21-30(40)24-42/h3-14,16,18,22,25,30,42,46H,1,15,17,19-21,23-24H2,2H3/b10-9+/t25-,30+,37+/m1/s1. The zero-order chi connectivity index (χ0) is 32.4. The minimum atomic E-state index is -1.95. The van der Waals surface area contributed by atoms with Gasteiger partial charge in [-0.1, -0.05) is 79.7 Å². The van der Waals surface area contributed by atoms with E-state index in [1.54, 1.807) is 48.3 Å². The predicted molar refractivity (Wildman–Crippen MR) is 177 cm³/mol. The summed E-state index contributed by atoms with van der Waals surface area (Å²) in [7, 11) is 0. The Balaban J connectivity index is 1.26. The van der Waals surface area contributed by atoms with Crippen LogP contribution in [0.2, 0.25) is 0 Å². The summed E-state index contributed by atoms with van der Waals surface area (Å²) in [4.78, 5) is 43.4. The van der Waals surface area contributed by atoms with Gasteiger partial charge in [0.2, 0.25) is 11.8 Å². The van der Waals surface area contributed by atoms with Gasteiger partial charge in [-0.15, -0.1) is 6.58 Å². The molecule has 3 atom stereocenters. The molecule has 3 aliphatic rings. The lowest BCUT2D eigenvalue weighted by Crippen LogP contribution is -2.46. The van der Waals surface area contributed by atoms with Crippen molar-refractivity contribution in [3.05, 3.63) is 120 Å². The van der Waals surface area contributed by atoms with Crippen molar-refractivity contribution in [2.45, 2.75) is 50.8 Å². The number of nitrogens with zero attached hydrogens (tertiary/aromatic N) is 4. The molecule has 46 heavy (non-hydrogen) atoms. The Bertz CT molecular complexity index is 1730. The average Bonchev–Trinajstić information content (AvgIpc) is 3.30. The molecular formula is C37H38N4O5. The summed E-state index contributed by atoms with van der Waals surface area (Å²) < 4.78 is 0. The molecule has 236 valence electrons. The highest BCUT2D eigenvalue weighted by Gasteiger charge is 2.52. The second-order valence-electron chi connectivity index (χ2n) is 12.0. The largest absolute Gasteiger partial charge is 0.394 e. The first kappa shape index (κ1) is 31.1. The fourth-order valence-electron chi connectivity index (χ4n) is 6.64. The minimum Gasteiger partial charge on any atom is -0.394 e. The molecule has 2 N–H and O–H groups in total. The van der Waals surface area contributed by atoms with E-state index in [-0.39, 0.29) is 43.8 Å². The first-order chi connectivity index (χ1) is 22.3. The van der Waals surface area contributed by atoms with Gasteiger partial charge in [0.05, 0.1) is 29.7 Å². The highest BCUT2D eigenvalue weighted by Crippen LogP contribution is 2.47. The summed E-state index contributed by atoms with van der Waals surface area (Å²) >= 11 is 0. The van der Waals surface area contributed by atoms with Gasteiger partial charge in [0.25, 0.3) is 5.91 Å². The molecule has 0 aliphatic carbocycles. The third-order valence-corrected chi connectivity index (χ3v) is 9.21. The number of carbonyl (C=O) groups is 3. The van der Waals surface area contributed by atoms with Crippen molar-refractivity contribution in [1.29, 1.82) is 0 Å². The molecule has 3 aromatic carbocycles. The van der Waals surface area contributed by atoms with Gasteiger partial charge in [-0.05, 0) is 41.3 Å². The molecule has 0 aromatic heterocycles. The smallest absolute Gasteiger partial charge is 0.264 e. The Morgan fingerprint density at radius 2 is 1.80 bits per heavy atom. The molecule has 6 rings (SSSR count). The third-order valence-electron chi connectivity index (χ3n) is 9.21. The summed E-state index contributed by atoms with van der Waals surface area (Å²) in [6.07, 6.45) is 6.40. The van der Waals surface area contributed by atoms with Crippen LogP contribution < -0.4 is 9.91 Å². The van der Waals surface area contributed by atoms with E-state index in [9.17, 15) is 24.6 Å². The monoisotopic (exact) mass is 618 g/mol. The van der Waals surface area contributed by atoms with Crippen LogP contribution in [0.3, 0.4) is 0 Å². The van der Waals surface area contributed by atoms with Gasteiger partial charge in [0, 0.05) is 43.8 Å². The Hall–Kier alpha value is -4.86. The highest BCUT2D eigenvalue weighted by atomic mass is 16.3.